The number of aromatic amines is 1. The third-order valence-electron chi connectivity index (χ3n) is 3.98. The van der Waals surface area contributed by atoms with Gasteiger partial charge < -0.3 is 9.72 Å². The van der Waals surface area contributed by atoms with Crippen molar-refractivity contribution in [3.8, 4) is 0 Å². The molecule has 1 unspecified atom stereocenters. The molecule has 134 valence electrons. The number of para-hydroxylation sites is 1. The van der Waals surface area contributed by atoms with Crippen LogP contribution in [0.25, 0.3) is 10.9 Å². The average molecular weight is 380 g/mol. The quantitative estimate of drug-likeness (QED) is 0.776. The lowest BCUT2D eigenvalue weighted by Gasteiger charge is -2.26. The lowest BCUT2D eigenvalue weighted by atomic mass is 10.2. The first-order valence-corrected chi connectivity index (χ1v) is 10.5. The SMILES string of the molecule is CCOC(=O)c1cc2cccc(N(CC)S(=O)(=O)C3CC=CS3)c2[nH]1. The maximum absolute atomic E-state index is 13.0. The molecule has 2 heterocycles. The number of esters is 1. The molecule has 1 aromatic carbocycles. The van der Waals surface area contributed by atoms with Gasteiger partial charge in [0, 0.05) is 11.9 Å². The Morgan fingerprint density at radius 1 is 1.40 bits per heavy atom. The molecule has 1 atom stereocenters. The van der Waals surface area contributed by atoms with Gasteiger partial charge in [-0.2, -0.15) is 0 Å². The number of carbonyl (C=O) groups excluding carboxylic acids is 1. The number of thioether (sulfide) groups is 1. The molecule has 0 aliphatic carbocycles. The summed E-state index contributed by atoms with van der Waals surface area (Å²) in [4.78, 5) is 15.0. The number of allylic oxidation sites excluding steroid dienone is 1. The molecule has 0 saturated carbocycles. The Kier molecular flexibility index (Phi) is 5.10. The molecule has 1 aliphatic rings. The minimum atomic E-state index is -3.52. The molecule has 0 radical (unpaired) electrons. The number of rotatable bonds is 6. The first-order chi connectivity index (χ1) is 12.0. The first-order valence-electron chi connectivity index (χ1n) is 8.10. The van der Waals surface area contributed by atoms with E-state index < -0.39 is 20.6 Å². The minimum absolute atomic E-state index is 0.280. The van der Waals surface area contributed by atoms with E-state index in [2.05, 4.69) is 4.98 Å². The highest BCUT2D eigenvalue weighted by Crippen LogP contribution is 2.35. The van der Waals surface area contributed by atoms with E-state index in [0.29, 0.717) is 29.9 Å². The molecule has 0 fully saturated rings. The molecule has 0 bridgehead atoms. The number of hydrogen-bond donors (Lipinski definition) is 1. The van der Waals surface area contributed by atoms with Crippen molar-refractivity contribution in [2.75, 3.05) is 17.5 Å². The number of hydrogen-bond acceptors (Lipinski definition) is 5. The van der Waals surface area contributed by atoms with Crippen molar-refractivity contribution in [1.82, 2.24) is 4.98 Å². The summed E-state index contributed by atoms with van der Waals surface area (Å²) in [5, 5.41) is 2.59. The fourth-order valence-electron chi connectivity index (χ4n) is 2.85. The fourth-order valence-corrected chi connectivity index (χ4v) is 5.96. The van der Waals surface area contributed by atoms with Crippen molar-refractivity contribution in [2.45, 2.75) is 24.9 Å². The molecule has 8 heteroatoms. The number of fused-ring (bicyclic) bond motifs is 1. The van der Waals surface area contributed by atoms with Crippen LogP contribution in [0.2, 0.25) is 0 Å². The number of sulfonamides is 1. The van der Waals surface area contributed by atoms with Crippen LogP contribution >= 0.6 is 11.8 Å². The molecular weight excluding hydrogens is 360 g/mol. The minimum Gasteiger partial charge on any atom is -0.461 e. The smallest absolute Gasteiger partial charge is 0.354 e. The zero-order chi connectivity index (χ0) is 18.0. The van der Waals surface area contributed by atoms with Crippen LogP contribution in [0.15, 0.2) is 35.7 Å². The molecule has 0 spiro atoms. The van der Waals surface area contributed by atoms with E-state index in [4.69, 9.17) is 4.74 Å². The van der Waals surface area contributed by atoms with E-state index >= 15 is 0 Å². The molecule has 1 aromatic heterocycles. The summed E-state index contributed by atoms with van der Waals surface area (Å²) in [5.74, 6) is -0.453. The van der Waals surface area contributed by atoms with Gasteiger partial charge in [-0.05, 0) is 37.8 Å². The van der Waals surface area contributed by atoms with Gasteiger partial charge >= 0.3 is 5.97 Å². The highest BCUT2D eigenvalue weighted by Gasteiger charge is 2.33. The zero-order valence-corrected chi connectivity index (χ0v) is 15.7. The number of carbonyl (C=O) groups is 1. The van der Waals surface area contributed by atoms with Gasteiger partial charge in [-0.3, -0.25) is 4.31 Å². The van der Waals surface area contributed by atoms with Gasteiger partial charge in [0.2, 0.25) is 10.0 Å². The van der Waals surface area contributed by atoms with Gasteiger partial charge in [0.05, 0.1) is 17.8 Å². The van der Waals surface area contributed by atoms with E-state index in [9.17, 15) is 13.2 Å². The van der Waals surface area contributed by atoms with Crippen molar-refractivity contribution < 1.29 is 17.9 Å². The van der Waals surface area contributed by atoms with E-state index in [-0.39, 0.29) is 6.61 Å². The van der Waals surface area contributed by atoms with Crippen molar-refractivity contribution in [3.05, 3.63) is 41.4 Å². The van der Waals surface area contributed by atoms with Crippen molar-refractivity contribution in [3.63, 3.8) is 0 Å². The number of nitrogens with zero attached hydrogens (tertiary/aromatic N) is 1. The third kappa shape index (κ3) is 3.28. The largest absolute Gasteiger partial charge is 0.461 e. The molecule has 0 amide bonds. The van der Waals surface area contributed by atoms with Crippen LogP contribution in [-0.2, 0) is 14.8 Å². The lowest BCUT2D eigenvalue weighted by Crippen LogP contribution is -2.36. The van der Waals surface area contributed by atoms with Crippen LogP contribution in [0.4, 0.5) is 5.69 Å². The Hall–Kier alpha value is -1.93. The Morgan fingerprint density at radius 2 is 2.20 bits per heavy atom. The van der Waals surface area contributed by atoms with Crippen LogP contribution in [0.5, 0.6) is 0 Å². The molecule has 1 N–H and O–H groups in total. The van der Waals surface area contributed by atoms with Gasteiger partial charge in [-0.15, -0.1) is 11.8 Å². The highest BCUT2D eigenvalue weighted by atomic mass is 32.3. The van der Waals surface area contributed by atoms with Crippen LogP contribution in [0, 0.1) is 0 Å². The van der Waals surface area contributed by atoms with E-state index in [1.165, 1.54) is 16.1 Å². The number of nitrogens with one attached hydrogen (secondary N) is 1. The number of aromatic nitrogens is 1. The molecule has 3 rings (SSSR count). The number of benzene rings is 1. The second kappa shape index (κ2) is 7.13. The second-order valence-corrected chi connectivity index (χ2v) is 8.98. The predicted molar refractivity (Wildman–Crippen MR) is 101 cm³/mol. The topological polar surface area (TPSA) is 79.5 Å². The maximum atomic E-state index is 13.0. The van der Waals surface area contributed by atoms with Crippen molar-refractivity contribution in [2.24, 2.45) is 0 Å². The third-order valence-corrected chi connectivity index (χ3v) is 7.81. The van der Waals surface area contributed by atoms with E-state index in [1.807, 2.05) is 17.6 Å². The fraction of sp³-hybridized carbons (Fsp3) is 0.353. The zero-order valence-electron chi connectivity index (χ0n) is 14.1. The van der Waals surface area contributed by atoms with Crippen molar-refractivity contribution in [1.29, 1.82) is 0 Å². The van der Waals surface area contributed by atoms with Gasteiger partial charge in [0.15, 0.2) is 0 Å². The highest BCUT2D eigenvalue weighted by molar-refractivity contribution is 8.15. The van der Waals surface area contributed by atoms with Crippen LogP contribution in [-0.4, -0.2) is 37.1 Å². The van der Waals surface area contributed by atoms with Crippen molar-refractivity contribution >= 4 is 44.3 Å². The van der Waals surface area contributed by atoms with Gasteiger partial charge in [-0.1, -0.05) is 18.2 Å². The van der Waals surface area contributed by atoms with Gasteiger partial charge in [0.25, 0.3) is 0 Å². The van der Waals surface area contributed by atoms with Gasteiger partial charge in [0.1, 0.15) is 10.3 Å². The first kappa shape index (κ1) is 17.9. The van der Waals surface area contributed by atoms with Crippen LogP contribution in [0.1, 0.15) is 30.8 Å². The Balaban J connectivity index is 2.05. The summed E-state index contributed by atoms with van der Waals surface area (Å²) >= 11 is 1.32. The molecule has 1 aliphatic heterocycles. The normalized spacial score (nSPS) is 17.1. The summed E-state index contributed by atoms with van der Waals surface area (Å²) in [7, 11) is -3.52. The predicted octanol–water partition coefficient (Wildman–Crippen LogP) is 3.48. The average Bonchev–Trinajstić information content (AvgIpc) is 3.26. The molecular formula is C17H20N2O4S2. The lowest BCUT2D eigenvalue weighted by molar-refractivity contribution is 0.0520. The molecule has 0 saturated heterocycles. The summed E-state index contributed by atoms with van der Waals surface area (Å²) in [6.45, 7) is 4.14. The molecule has 6 nitrogen and oxygen atoms in total. The van der Waals surface area contributed by atoms with E-state index in [0.717, 1.165) is 5.39 Å². The standard InChI is InChI=1S/C17H20N2O4S2/c1-3-19(25(21,22)15-9-6-10-24-15)14-8-5-7-12-11-13(18-16(12)14)17(20)23-4-2/h5-8,10-11,15,18H,3-4,9H2,1-2H3. The van der Waals surface area contributed by atoms with E-state index in [1.54, 1.807) is 32.0 Å². The monoisotopic (exact) mass is 380 g/mol. The van der Waals surface area contributed by atoms with Crippen LogP contribution in [0.3, 0.4) is 0 Å². The Morgan fingerprint density at radius 3 is 2.84 bits per heavy atom. The summed E-state index contributed by atoms with van der Waals surface area (Å²) in [6.07, 6.45) is 2.37. The van der Waals surface area contributed by atoms with Crippen LogP contribution < -0.4 is 4.31 Å². The second-order valence-electron chi connectivity index (χ2n) is 5.53. The summed E-state index contributed by atoms with van der Waals surface area (Å²) in [6, 6.07) is 7.06. The Bertz CT molecular complexity index is 910. The number of H-pyrrole nitrogens is 1. The molecule has 2 aromatic rings. The summed E-state index contributed by atoms with van der Waals surface area (Å²) < 4.78 is 31.9. The maximum Gasteiger partial charge on any atom is 0.354 e. The number of anilines is 1. The van der Waals surface area contributed by atoms with Gasteiger partial charge in [-0.25, -0.2) is 13.2 Å². The Labute approximate surface area is 151 Å². The number of ether oxygens (including phenoxy) is 1. The summed E-state index contributed by atoms with van der Waals surface area (Å²) in [5.41, 5.74) is 1.48. The molecule has 25 heavy (non-hydrogen) atoms.